The van der Waals surface area contributed by atoms with Crippen LogP contribution in [0.1, 0.15) is 335 Å². The molecule has 2 unspecified atom stereocenters. The second-order valence-corrected chi connectivity index (χ2v) is 29.1. The number of likely N-dealkylation sites (N-methyl/N-ethyl adjacent to an activating group) is 1. The number of hydrogen-bond donors (Lipinski definition) is 1. The third kappa shape index (κ3) is 80.6. The molecule has 10 heteroatoms. The normalized spacial score (nSPS) is 13.9. The van der Waals surface area contributed by atoms with Crippen molar-refractivity contribution >= 4 is 19.8 Å². The third-order valence-corrected chi connectivity index (χ3v) is 18.0. The van der Waals surface area contributed by atoms with Crippen molar-refractivity contribution in [3.05, 3.63) is 158 Å². The molecule has 0 rings (SSSR count). The van der Waals surface area contributed by atoms with Crippen LogP contribution in [0.4, 0.5) is 0 Å². The van der Waals surface area contributed by atoms with Gasteiger partial charge in [0, 0.05) is 12.8 Å². The number of quaternary nitrogens is 1. The molecule has 2 atom stereocenters. The lowest BCUT2D eigenvalue weighted by Gasteiger charge is -2.24. The first kappa shape index (κ1) is 93.6. The molecule has 560 valence electrons. The summed E-state index contributed by atoms with van der Waals surface area (Å²) in [6, 6.07) is 0. The number of rotatable bonds is 73. The molecular weight excluding hydrogens is 1230 g/mol. The zero-order valence-electron chi connectivity index (χ0n) is 64.0. The summed E-state index contributed by atoms with van der Waals surface area (Å²) >= 11 is 0. The van der Waals surface area contributed by atoms with Crippen LogP contribution in [-0.2, 0) is 32.7 Å². The molecule has 0 aromatic rings. The second kappa shape index (κ2) is 76.8. The molecule has 0 aromatic heterocycles. The van der Waals surface area contributed by atoms with E-state index >= 15 is 0 Å². The minimum absolute atomic E-state index is 0.0276. The van der Waals surface area contributed by atoms with Crippen LogP contribution in [0, 0.1) is 0 Å². The zero-order chi connectivity index (χ0) is 71.1. The number of carbonyl (C=O) groups is 2. The van der Waals surface area contributed by atoms with Crippen LogP contribution in [0.5, 0.6) is 0 Å². The predicted molar refractivity (Wildman–Crippen MR) is 426 cm³/mol. The number of phosphoric ester groups is 1. The van der Waals surface area contributed by atoms with Gasteiger partial charge in [0.2, 0.25) is 0 Å². The molecule has 0 aromatic carbocycles. The fourth-order valence-electron chi connectivity index (χ4n) is 11.0. The van der Waals surface area contributed by atoms with Crippen molar-refractivity contribution in [2.45, 2.75) is 341 Å². The lowest BCUT2D eigenvalue weighted by atomic mass is 10.0. The lowest BCUT2D eigenvalue weighted by Crippen LogP contribution is -2.37. The summed E-state index contributed by atoms with van der Waals surface area (Å²) in [6.07, 6.45) is 115. The molecule has 0 saturated carbocycles. The van der Waals surface area contributed by atoms with Gasteiger partial charge in [-0.15, -0.1) is 0 Å². The van der Waals surface area contributed by atoms with E-state index in [9.17, 15) is 19.0 Å². The molecule has 0 aliphatic heterocycles. The van der Waals surface area contributed by atoms with Gasteiger partial charge in [-0.2, -0.15) is 0 Å². The molecule has 0 bridgehead atoms. The number of unbranched alkanes of at least 4 members (excludes halogenated alkanes) is 33. The van der Waals surface area contributed by atoms with E-state index in [4.69, 9.17) is 18.5 Å². The van der Waals surface area contributed by atoms with Crippen molar-refractivity contribution in [3.8, 4) is 0 Å². The molecule has 0 amide bonds. The molecular formula is C88H151NO8P+. The molecule has 0 heterocycles. The Balaban J connectivity index is 3.98. The van der Waals surface area contributed by atoms with Crippen LogP contribution in [0.25, 0.3) is 0 Å². The van der Waals surface area contributed by atoms with E-state index in [0.29, 0.717) is 17.4 Å². The van der Waals surface area contributed by atoms with Crippen molar-refractivity contribution in [2.24, 2.45) is 0 Å². The van der Waals surface area contributed by atoms with Gasteiger partial charge in [0.05, 0.1) is 27.7 Å². The molecule has 0 spiro atoms. The average molecular weight is 1380 g/mol. The minimum atomic E-state index is -4.40. The standard InChI is InChI=1S/C88H150NO8P/c1-6-8-10-12-14-16-18-20-22-24-26-28-30-32-34-36-38-40-42-43-44-45-47-49-51-53-55-57-59-61-63-65-67-69-71-73-75-77-79-81-88(91)97-86(85-96-98(92,93)95-83-82-89(3,4)5)84-94-87(90)80-78-76-74-72-70-68-66-64-62-60-58-56-54-52-50-48-46-41-39-37-35-33-31-29-27-25-23-21-19-17-15-13-11-9-7-2/h8-11,14-17,20-23,26-29,32-35,38-41,43-44,86H,6-7,12-13,18-19,24-25,30-31,36-37,42,45-85H2,1-5H3/p+1/b10-8-,11-9-,16-14-,17-15-,22-20-,23-21-,28-26-,29-27-,34-32-,35-33-,40-38-,41-39-,44-43-. The topological polar surface area (TPSA) is 108 Å². The van der Waals surface area contributed by atoms with Crippen molar-refractivity contribution < 1.29 is 42.1 Å². The fourth-order valence-corrected chi connectivity index (χ4v) is 11.7. The van der Waals surface area contributed by atoms with Gasteiger partial charge in [-0.25, -0.2) is 4.57 Å². The van der Waals surface area contributed by atoms with E-state index < -0.39 is 26.5 Å². The van der Waals surface area contributed by atoms with Crippen molar-refractivity contribution in [2.75, 3.05) is 47.5 Å². The zero-order valence-corrected chi connectivity index (χ0v) is 64.9. The first-order chi connectivity index (χ1) is 48.0. The van der Waals surface area contributed by atoms with Crippen LogP contribution >= 0.6 is 7.82 Å². The summed E-state index contributed by atoms with van der Waals surface area (Å²) in [4.78, 5) is 36.0. The summed E-state index contributed by atoms with van der Waals surface area (Å²) in [5.74, 6) is -0.791. The molecule has 9 nitrogen and oxygen atoms in total. The molecule has 0 saturated heterocycles. The molecule has 0 fully saturated rings. The number of esters is 2. The Labute approximate surface area is 605 Å². The van der Waals surface area contributed by atoms with Crippen LogP contribution in [-0.4, -0.2) is 74.9 Å². The van der Waals surface area contributed by atoms with Crippen molar-refractivity contribution in [1.82, 2.24) is 0 Å². The Kier molecular flexibility index (Phi) is 73.4. The highest BCUT2D eigenvalue weighted by Gasteiger charge is 2.27. The van der Waals surface area contributed by atoms with Crippen LogP contribution in [0.2, 0.25) is 0 Å². The number of hydrogen-bond acceptors (Lipinski definition) is 7. The summed E-state index contributed by atoms with van der Waals surface area (Å²) in [5.41, 5.74) is 0. The Bertz CT molecular complexity index is 2220. The molecule has 0 radical (unpaired) electrons. The summed E-state index contributed by atoms with van der Waals surface area (Å²) in [7, 11) is 1.48. The highest BCUT2D eigenvalue weighted by Crippen LogP contribution is 2.43. The van der Waals surface area contributed by atoms with Crippen LogP contribution < -0.4 is 0 Å². The van der Waals surface area contributed by atoms with E-state index in [0.717, 1.165) is 122 Å². The Morgan fingerprint density at radius 1 is 0.316 bits per heavy atom. The molecule has 0 aliphatic rings. The predicted octanol–water partition coefficient (Wildman–Crippen LogP) is 27.1. The number of phosphoric acid groups is 1. The van der Waals surface area contributed by atoms with Gasteiger partial charge in [-0.1, -0.05) is 358 Å². The maximum Gasteiger partial charge on any atom is 0.472 e. The summed E-state index contributed by atoms with van der Waals surface area (Å²) < 4.78 is 34.8. The highest BCUT2D eigenvalue weighted by atomic mass is 31.2. The largest absolute Gasteiger partial charge is 0.472 e. The van der Waals surface area contributed by atoms with Crippen LogP contribution in [0.15, 0.2) is 158 Å². The van der Waals surface area contributed by atoms with E-state index in [-0.39, 0.29) is 32.0 Å². The lowest BCUT2D eigenvalue weighted by molar-refractivity contribution is -0.870. The molecule has 98 heavy (non-hydrogen) atoms. The van der Waals surface area contributed by atoms with Gasteiger partial charge in [0.15, 0.2) is 6.10 Å². The maximum absolute atomic E-state index is 12.9. The van der Waals surface area contributed by atoms with Gasteiger partial charge < -0.3 is 18.9 Å². The first-order valence-corrected chi connectivity index (χ1v) is 41.7. The van der Waals surface area contributed by atoms with Crippen molar-refractivity contribution in [1.29, 1.82) is 0 Å². The van der Waals surface area contributed by atoms with Gasteiger partial charge >= 0.3 is 19.8 Å². The highest BCUT2D eigenvalue weighted by molar-refractivity contribution is 7.47. The van der Waals surface area contributed by atoms with Gasteiger partial charge in [-0.3, -0.25) is 18.6 Å². The number of carbonyl (C=O) groups excluding carboxylic acids is 2. The summed E-state index contributed by atoms with van der Waals surface area (Å²) in [5, 5.41) is 0. The second-order valence-electron chi connectivity index (χ2n) is 27.7. The van der Waals surface area contributed by atoms with Crippen LogP contribution in [0.3, 0.4) is 0 Å². The monoisotopic (exact) mass is 1380 g/mol. The fraction of sp³-hybridized carbons (Fsp3) is 0.682. The molecule has 0 aliphatic carbocycles. The molecule has 1 N–H and O–H groups in total. The first-order valence-electron chi connectivity index (χ1n) is 40.2. The number of ether oxygens (including phenoxy) is 2. The van der Waals surface area contributed by atoms with E-state index in [1.54, 1.807) is 0 Å². The average Bonchev–Trinajstić information content (AvgIpc) is 1.23. The van der Waals surface area contributed by atoms with E-state index in [1.165, 1.54) is 180 Å². The maximum atomic E-state index is 12.9. The Morgan fingerprint density at radius 3 is 0.816 bits per heavy atom. The number of allylic oxidation sites excluding steroid dienone is 26. The van der Waals surface area contributed by atoms with Gasteiger partial charge in [0.25, 0.3) is 0 Å². The van der Waals surface area contributed by atoms with E-state index in [1.807, 2.05) is 21.1 Å². The van der Waals surface area contributed by atoms with E-state index in [2.05, 4.69) is 172 Å². The van der Waals surface area contributed by atoms with Crippen molar-refractivity contribution in [3.63, 3.8) is 0 Å². The smallest absolute Gasteiger partial charge is 0.462 e. The third-order valence-electron chi connectivity index (χ3n) is 17.1. The minimum Gasteiger partial charge on any atom is -0.462 e. The Hall–Kier alpha value is -4.37. The SMILES string of the molecule is CC/C=C\C/C=C\C/C=C\C/C=C\C/C=C\C/C=C\C/C=C\CCCCCCCCCCCCCCCCCCCC(=O)OC(COC(=O)CCCCCCCCCCCCCCCCCC/C=C\C/C=C\C/C=C\C/C=C\C/C=C\C/C=C\CC)COP(=O)(O)OCC[N+](C)(C)C. The van der Waals surface area contributed by atoms with Gasteiger partial charge in [-0.05, 0) is 122 Å². The van der Waals surface area contributed by atoms with Gasteiger partial charge in [0.1, 0.15) is 19.8 Å². The number of nitrogens with zero attached hydrogens (tertiary/aromatic N) is 1. The Morgan fingerprint density at radius 2 is 0.551 bits per heavy atom. The quantitative estimate of drug-likeness (QED) is 0.0211. The summed E-state index contributed by atoms with van der Waals surface area (Å²) in [6.45, 7) is 4.23.